The van der Waals surface area contributed by atoms with Crippen molar-refractivity contribution < 1.29 is 5.11 Å². The summed E-state index contributed by atoms with van der Waals surface area (Å²) in [6, 6.07) is 0. The normalized spacial score (nSPS) is 35.6. The Hall–Kier alpha value is 0.01000. The molecule has 0 aromatic carbocycles. The summed E-state index contributed by atoms with van der Waals surface area (Å²) >= 11 is 4.85. The molecule has 0 saturated heterocycles. The van der Waals surface area contributed by atoms with E-state index in [1.807, 2.05) is 11.5 Å². The van der Waals surface area contributed by atoms with Gasteiger partial charge in [-0.15, -0.1) is 0 Å². The van der Waals surface area contributed by atoms with Gasteiger partial charge in [0.2, 0.25) is 0 Å². The predicted molar refractivity (Wildman–Crippen MR) is 39.0 cm³/mol. The maximum absolute atomic E-state index is 8.95. The van der Waals surface area contributed by atoms with Crippen molar-refractivity contribution in [1.82, 2.24) is 0 Å². The maximum Gasteiger partial charge on any atom is 0.126 e. The van der Waals surface area contributed by atoms with E-state index in [0.717, 1.165) is 0 Å². The fraction of sp³-hybridized carbons (Fsp3) is 0.200. The van der Waals surface area contributed by atoms with Gasteiger partial charge in [-0.1, -0.05) is 21.6 Å². The van der Waals surface area contributed by atoms with Crippen molar-refractivity contribution in [1.29, 1.82) is 0 Å². The quantitative estimate of drug-likeness (QED) is 0.536. The van der Waals surface area contributed by atoms with Crippen molar-refractivity contribution in [3.8, 4) is 0 Å². The molecular formula is C5H6OS2. The lowest BCUT2D eigenvalue weighted by molar-refractivity contribution is 0.309. The summed E-state index contributed by atoms with van der Waals surface area (Å²) in [6.45, 7) is 0. The van der Waals surface area contributed by atoms with Gasteiger partial charge in [-0.3, -0.25) is 0 Å². The van der Waals surface area contributed by atoms with Crippen LogP contribution in [0.4, 0.5) is 0 Å². The van der Waals surface area contributed by atoms with E-state index in [1.165, 1.54) is 0 Å². The van der Waals surface area contributed by atoms with Crippen molar-refractivity contribution in [2.24, 2.45) is 0 Å². The van der Waals surface area contributed by atoms with Crippen LogP contribution in [0.3, 0.4) is 0 Å². The highest BCUT2D eigenvalue weighted by Crippen LogP contribution is 2.02. The van der Waals surface area contributed by atoms with Gasteiger partial charge < -0.3 is 5.11 Å². The molecule has 1 aliphatic rings. The molecule has 1 heterocycles. The summed E-state index contributed by atoms with van der Waals surface area (Å²) in [7, 11) is -0.363. The van der Waals surface area contributed by atoms with Crippen molar-refractivity contribution in [2.45, 2.75) is 5.44 Å². The van der Waals surface area contributed by atoms with Gasteiger partial charge in [0.1, 0.15) is 5.44 Å². The topological polar surface area (TPSA) is 20.2 Å². The smallest absolute Gasteiger partial charge is 0.126 e. The summed E-state index contributed by atoms with van der Waals surface area (Å²) < 4.78 is 0. The first-order valence-corrected chi connectivity index (χ1v) is 4.51. The van der Waals surface area contributed by atoms with Crippen LogP contribution >= 0.6 is 0 Å². The second-order valence-corrected chi connectivity index (χ2v) is 4.00. The summed E-state index contributed by atoms with van der Waals surface area (Å²) in [4.78, 5) is 0. The Morgan fingerprint density at radius 1 is 1.50 bits per heavy atom. The zero-order valence-electron chi connectivity index (χ0n) is 4.15. The molecule has 0 aromatic rings. The summed E-state index contributed by atoms with van der Waals surface area (Å²) in [5, 5.41) is 10.8. The Labute approximate surface area is 55.3 Å². The number of hydrogen-bond acceptors (Lipinski definition) is 2. The molecule has 2 atom stereocenters. The number of aliphatic hydroxyl groups is 1. The lowest BCUT2D eigenvalue weighted by Crippen LogP contribution is -2.08. The van der Waals surface area contributed by atoms with Crippen molar-refractivity contribution >= 4 is 20.6 Å². The van der Waals surface area contributed by atoms with Crippen LogP contribution in [0.1, 0.15) is 0 Å². The van der Waals surface area contributed by atoms with Crippen LogP contribution < -0.4 is 0 Å². The highest BCUT2D eigenvalue weighted by atomic mass is 32.8. The lowest BCUT2D eigenvalue weighted by Gasteiger charge is -2.05. The minimum atomic E-state index is -0.421. The van der Waals surface area contributed by atoms with Gasteiger partial charge >= 0.3 is 0 Å². The first-order valence-electron chi connectivity index (χ1n) is 2.23. The summed E-state index contributed by atoms with van der Waals surface area (Å²) in [6.07, 6.45) is 5.37. The van der Waals surface area contributed by atoms with Crippen LogP contribution in [0.25, 0.3) is 0 Å². The molecular weight excluding hydrogens is 140 g/mol. The number of aliphatic hydroxyl groups excluding tert-OH is 1. The van der Waals surface area contributed by atoms with E-state index in [-0.39, 0.29) is 9.45 Å². The fourth-order valence-electron chi connectivity index (χ4n) is 0.440. The molecule has 0 saturated carbocycles. The van der Waals surface area contributed by atoms with Gasteiger partial charge in [-0.25, -0.2) is 0 Å². The van der Waals surface area contributed by atoms with E-state index in [2.05, 4.69) is 0 Å². The third-order valence-corrected chi connectivity index (χ3v) is 2.82. The van der Waals surface area contributed by atoms with Crippen LogP contribution in [0.2, 0.25) is 0 Å². The molecule has 0 fully saturated rings. The number of hydrogen-bond donors (Lipinski definition) is 1. The van der Waals surface area contributed by atoms with Gasteiger partial charge in [-0.05, 0) is 22.7 Å². The standard InChI is InChI=1S/C5H6OS2/c6-5-3-1-2-4-8(5)7/h1-6H. The van der Waals surface area contributed by atoms with Gasteiger partial charge in [0.15, 0.2) is 0 Å². The SMILES string of the molecule is OC1C=CC=CS1=S. The average molecular weight is 146 g/mol. The van der Waals surface area contributed by atoms with E-state index in [4.69, 9.17) is 16.3 Å². The first kappa shape index (κ1) is 6.13. The molecule has 0 amide bonds. The number of rotatable bonds is 0. The third-order valence-electron chi connectivity index (χ3n) is 0.838. The molecule has 1 N–H and O–H groups in total. The molecule has 1 nitrogen and oxygen atoms in total. The highest BCUT2D eigenvalue weighted by molar-refractivity contribution is 8.30. The zero-order valence-corrected chi connectivity index (χ0v) is 5.78. The molecule has 44 valence electrons. The molecule has 0 aliphatic carbocycles. The first-order chi connectivity index (χ1) is 3.80. The molecule has 3 heteroatoms. The molecule has 2 unspecified atom stereocenters. The number of allylic oxidation sites excluding steroid dienone is 2. The minimum Gasteiger partial charge on any atom is -0.378 e. The minimum absolute atomic E-state index is 0.363. The Balaban J connectivity index is 2.74. The van der Waals surface area contributed by atoms with E-state index < -0.39 is 5.44 Å². The van der Waals surface area contributed by atoms with Crippen LogP contribution in [0.15, 0.2) is 23.6 Å². The molecule has 1 aliphatic heterocycles. The average Bonchev–Trinajstić information content (AvgIpc) is 1.77. The Morgan fingerprint density at radius 3 is 2.62 bits per heavy atom. The van der Waals surface area contributed by atoms with Crippen molar-refractivity contribution in [3.05, 3.63) is 23.6 Å². The summed E-state index contributed by atoms with van der Waals surface area (Å²) in [5.74, 6) is 0. The lowest BCUT2D eigenvalue weighted by atomic mass is 10.5. The van der Waals surface area contributed by atoms with Gasteiger partial charge in [0.25, 0.3) is 0 Å². The molecule has 8 heavy (non-hydrogen) atoms. The molecule has 0 spiro atoms. The Morgan fingerprint density at radius 2 is 2.25 bits per heavy atom. The zero-order chi connectivity index (χ0) is 5.98. The van der Waals surface area contributed by atoms with E-state index in [9.17, 15) is 0 Å². The second-order valence-electron chi connectivity index (χ2n) is 1.43. The molecule has 0 aromatic heterocycles. The molecule has 1 rings (SSSR count). The van der Waals surface area contributed by atoms with E-state index in [1.54, 1.807) is 12.2 Å². The largest absolute Gasteiger partial charge is 0.378 e. The van der Waals surface area contributed by atoms with Crippen LogP contribution in [-0.4, -0.2) is 10.5 Å². The van der Waals surface area contributed by atoms with Crippen LogP contribution in [0, 0.1) is 0 Å². The molecule has 0 radical (unpaired) electrons. The van der Waals surface area contributed by atoms with E-state index >= 15 is 0 Å². The Kier molecular flexibility index (Phi) is 1.94. The van der Waals surface area contributed by atoms with E-state index in [0.29, 0.717) is 0 Å². The molecule has 0 bridgehead atoms. The van der Waals surface area contributed by atoms with Crippen LogP contribution in [0.5, 0.6) is 0 Å². The van der Waals surface area contributed by atoms with Crippen molar-refractivity contribution in [3.63, 3.8) is 0 Å². The monoisotopic (exact) mass is 146 g/mol. The van der Waals surface area contributed by atoms with Gasteiger partial charge in [0.05, 0.1) is 0 Å². The summed E-state index contributed by atoms with van der Waals surface area (Å²) in [5.41, 5.74) is -0.421. The van der Waals surface area contributed by atoms with Crippen LogP contribution in [-0.2, 0) is 20.6 Å². The second kappa shape index (κ2) is 2.53. The van der Waals surface area contributed by atoms with Crippen molar-refractivity contribution in [2.75, 3.05) is 0 Å². The van der Waals surface area contributed by atoms with Gasteiger partial charge in [0, 0.05) is 0 Å². The third kappa shape index (κ3) is 1.24. The highest BCUT2D eigenvalue weighted by Gasteiger charge is 2.01. The Bertz CT molecular complexity index is 160. The fourth-order valence-corrected chi connectivity index (χ4v) is 1.48. The predicted octanol–water partition coefficient (Wildman–Crippen LogP) is 0.468. The maximum atomic E-state index is 8.95. The van der Waals surface area contributed by atoms with Gasteiger partial charge in [-0.2, -0.15) is 0 Å².